The van der Waals surface area contributed by atoms with E-state index in [4.69, 9.17) is 0 Å². The molecule has 0 saturated heterocycles. The van der Waals surface area contributed by atoms with Crippen LogP contribution in [-0.4, -0.2) is 15.0 Å². The van der Waals surface area contributed by atoms with Crippen LogP contribution < -0.4 is 0 Å². The highest BCUT2D eigenvalue weighted by Crippen LogP contribution is 2.29. The first-order valence-electron chi connectivity index (χ1n) is 7.49. The number of hydrogen-bond donors (Lipinski definition) is 0. The van der Waals surface area contributed by atoms with Gasteiger partial charge in [0.15, 0.2) is 5.82 Å². The number of aromatic nitrogens is 3. The molecule has 0 N–H and O–H groups in total. The van der Waals surface area contributed by atoms with E-state index in [1.807, 2.05) is 24.3 Å². The second-order valence-electron chi connectivity index (χ2n) is 6.46. The Hall–Kier alpha value is -2.62. The normalized spacial score (nSPS) is 11.5. The molecule has 0 bridgehead atoms. The van der Waals surface area contributed by atoms with Crippen molar-refractivity contribution in [3.8, 4) is 22.5 Å². The zero-order valence-electron chi connectivity index (χ0n) is 13.4. The molecule has 3 aromatic rings. The fourth-order valence-corrected chi connectivity index (χ4v) is 2.37. The minimum absolute atomic E-state index is 0.0645. The maximum atomic E-state index is 14.2. The molecular weight excluding hydrogens is 289 g/mol. The van der Waals surface area contributed by atoms with Gasteiger partial charge in [-0.3, -0.25) is 0 Å². The molecule has 0 saturated carbocycles. The number of rotatable bonds is 2. The van der Waals surface area contributed by atoms with E-state index in [0.29, 0.717) is 17.0 Å². The summed E-state index contributed by atoms with van der Waals surface area (Å²) in [5.41, 5.74) is 3.21. The van der Waals surface area contributed by atoms with Gasteiger partial charge in [0.2, 0.25) is 5.95 Å². The smallest absolute Gasteiger partial charge is 0.220 e. The Kier molecular flexibility index (Phi) is 3.90. The Morgan fingerprint density at radius 1 is 0.870 bits per heavy atom. The minimum Gasteiger partial charge on any atom is -0.237 e. The van der Waals surface area contributed by atoms with Crippen LogP contribution in [0.25, 0.3) is 22.5 Å². The molecule has 0 amide bonds. The predicted molar refractivity (Wildman–Crippen MR) is 89.4 cm³/mol. The molecule has 0 unspecified atom stereocenters. The third kappa shape index (κ3) is 3.26. The molecule has 0 spiro atoms. The molecule has 3 nitrogen and oxygen atoms in total. The molecule has 0 aliphatic heterocycles. The van der Waals surface area contributed by atoms with Crippen molar-refractivity contribution in [3.05, 3.63) is 66.5 Å². The zero-order chi connectivity index (χ0) is 16.4. The molecule has 0 fully saturated rings. The van der Waals surface area contributed by atoms with Gasteiger partial charge in [0.1, 0.15) is 0 Å². The van der Waals surface area contributed by atoms with Gasteiger partial charge in [-0.15, -0.1) is 0 Å². The van der Waals surface area contributed by atoms with Crippen molar-refractivity contribution in [2.24, 2.45) is 0 Å². The van der Waals surface area contributed by atoms with Gasteiger partial charge in [0, 0.05) is 29.7 Å². The fraction of sp³-hybridized carbons (Fsp3) is 0.211. The lowest BCUT2D eigenvalue weighted by Crippen LogP contribution is -2.10. The third-order valence-electron chi connectivity index (χ3n) is 3.72. The number of halogens is 1. The van der Waals surface area contributed by atoms with Crippen LogP contribution in [-0.2, 0) is 5.41 Å². The van der Waals surface area contributed by atoms with E-state index < -0.39 is 5.95 Å². The summed E-state index contributed by atoms with van der Waals surface area (Å²) in [4.78, 5) is 12.2. The predicted octanol–water partition coefficient (Wildman–Crippen LogP) is 4.64. The summed E-state index contributed by atoms with van der Waals surface area (Å²) >= 11 is 0. The maximum Gasteiger partial charge on any atom is 0.220 e. The van der Waals surface area contributed by atoms with Crippen LogP contribution >= 0.6 is 0 Å². The van der Waals surface area contributed by atoms with Gasteiger partial charge in [0.05, 0.1) is 0 Å². The van der Waals surface area contributed by atoms with Crippen LogP contribution in [0.1, 0.15) is 26.3 Å². The molecule has 0 aliphatic rings. The Morgan fingerprint density at radius 3 is 2.13 bits per heavy atom. The molecule has 0 aliphatic carbocycles. The molecule has 0 atom stereocenters. The van der Waals surface area contributed by atoms with Gasteiger partial charge in [-0.1, -0.05) is 45.0 Å². The van der Waals surface area contributed by atoms with E-state index in [-0.39, 0.29) is 5.41 Å². The summed E-state index contributed by atoms with van der Waals surface area (Å²) in [5.74, 6) is 0.0424. The molecule has 2 aromatic heterocycles. The SMILES string of the molecule is CC(C)(C)c1ccc(-c2cc(-c3ncccn3)cnc2F)cc1. The summed E-state index contributed by atoms with van der Waals surface area (Å²) < 4.78 is 14.2. The number of benzene rings is 1. The van der Waals surface area contributed by atoms with Crippen molar-refractivity contribution in [1.82, 2.24) is 15.0 Å². The lowest BCUT2D eigenvalue weighted by atomic mass is 9.86. The average molecular weight is 307 g/mol. The fourth-order valence-electron chi connectivity index (χ4n) is 2.37. The number of nitrogens with zero attached hydrogens (tertiary/aromatic N) is 3. The molecule has 3 rings (SSSR count). The Balaban J connectivity index is 2.03. The van der Waals surface area contributed by atoms with E-state index in [1.165, 1.54) is 11.8 Å². The molecular formula is C19H18FN3. The first-order chi connectivity index (χ1) is 10.9. The quantitative estimate of drug-likeness (QED) is 0.647. The first kappa shape index (κ1) is 15.3. The summed E-state index contributed by atoms with van der Waals surface area (Å²) in [6.07, 6.45) is 4.77. The summed E-state index contributed by atoms with van der Waals surface area (Å²) in [6.45, 7) is 6.45. The van der Waals surface area contributed by atoms with Crippen LogP contribution in [0.2, 0.25) is 0 Å². The van der Waals surface area contributed by atoms with E-state index >= 15 is 0 Å². The summed E-state index contributed by atoms with van der Waals surface area (Å²) in [6, 6.07) is 11.4. The first-order valence-corrected chi connectivity index (χ1v) is 7.49. The standard InChI is InChI=1S/C19H18FN3/c1-19(2,3)15-7-5-13(6-8-15)16-11-14(12-23-17(16)20)18-21-9-4-10-22-18/h4-12H,1-3H3. The second-order valence-corrected chi connectivity index (χ2v) is 6.46. The van der Waals surface area contributed by atoms with Gasteiger partial charge in [-0.25, -0.2) is 15.0 Å². The Morgan fingerprint density at radius 2 is 1.52 bits per heavy atom. The molecule has 116 valence electrons. The molecule has 4 heteroatoms. The Bertz CT molecular complexity index is 806. The lowest BCUT2D eigenvalue weighted by molar-refractivity contribution is 0.587. The molecule has 23 heavy (non-hydrogen) atoms. The minimum atomic E-state index is -0.492. The van der Waals surface area contributed by atoms with Gasteiger partial charge in [0.25, 0.3) is 0 Å². The average Bonchev–Trinajstić information content (AvgIpc) is 2.55. The summed E-state index contributed by atoms with van der Waals surface area (Å²) in [7, 11) is 0. The van der Waals surface area contributed by atoms with Crippen molar-refractivity contribution in [2.75, 3.05) is 0 Å². The number of hydrogen-bond acceptors (Lipinski definition) is 3. The largest absolute Gasteiger partial charge is 0.237 e. The van der Waals surface area contributed by atoms with Gasteiger partial charge in [-0.05, 0) is 28.7 Å². The van der Waals surface area contributed by atoms with Gasteiger partial charge >= 0.3 is 0 Å². The highest BCUT2D eigenvalue weighted by molar-refractivity contribution is 5.69. The van der Waals surface area contributed by atoms with E-state index in [9.17, 15) is 4.39 Å². The van der Waals surface area contributed by atoms with E-state index in [1.54, 1.807) is 24.5 Å². The molecule has 0 radical (unpaired) electrons. The number of pyridine rings is 1. The zero-order valence-corrected chi connectivity index (χ0v) is 13.4. The van der Waals surface area contributed by atoms with Crippen molar-refractivity contribution in [1.29, 1.82) is 0 Å². The van der Waals surface area contributed by atoms with Crippen LogP contribution in [0.15, 0.2) is 55.0 Å². The second kappa shape index (κ2) is 5.88. The van der Waals surface area contributed by atoms with Gasteiger partial charge in [-0.2, -0.15) is 4.39 Å². The highest BCUT2D eigenvalue weighted by Gasteiger charge is 2.15. The van der Waals surface area contributed by atoms with E-state index in [0.717, 1.165) is 5.56 Å². The highest BCUT2D eigenvalue weighted by atomic mass is 19.1. The summed E-state index contributed by atoms with van der Waals surface area (Å²) in [5, 5.41) is 0. The molecule has 1 aromatic carbocycles. The van der Waals surface area contributed by atoms with Crippen LogP contribution in [0.3, 0.4) is 0 Å². The monoisotopic (exact) mass is 307 g/mol. The van der Waals surface area contributed by atoms with Crippen LogP contribution in [0.4, 0.5) is 4.39 Å². The van der Waals surface area contributed by atoms with E-state index in [2.05, 4.69) is 35.7 Å². The van der Waals surface area contributed by atoms with Gasteiger partial charge < -0.3 is 0 Å². The topological polar surface area (TPSA) is 38.7 Å². The Labute approximate surface area is 135 Å². The van der Waals surface area contributed by atoms with Crippen molar-refractivity contribution in [2.45, 2.75) is 26.2 Å². The lowest BCUT2D eigenvalue weighted by Gasteiger charge is -2.19. The third-order valence-corrected chi connectivity index (χ3v) is 3.72. The van der Waals surface area contributed by atoms with Crippen molar-refractivity contribution in [3.63, 3.8) is 0 Å². The van der Waals surface area contributed by atoms with Crippen LogP contribution in [0.5, 0.6) is 0 Å². The van der Waals surface area contributed by atoms with Crippen molar-refractivity contribution < 1.29 is 4.39 Å². The van der Waals surface area contributed by atoms with Crippen LogP contribution in [0, 0.1) is 5.95 Å². The maximum absolute atomic E-state index is 14.2. The van der Waals surface area contributed by atoms with Crippen molar-refractivity contribution >= 4 is 0 Å². The molecule has 2 heterocycles.